The molecule has 0 aliphatic heterocycles. The molecular formula is C8H8F2O3S. The highest BCUT2D eigenvalue weighted by Gasteiger charge is 2.26. The maximum absolute atomic E-state index is 12.8. The molecule has 0 aromatic heterocycles. The number of halogens is 2. The first-order valence-electron chi connectivity index (χ1n) is 3.73. The standard InChI is InChI=1S/C8H8F2O3S/c9-6-1-3-7(4-2-6)14(12,13)8(10)5-11/h1-4,8,11H,5H2. The van der Waals surface area contributed by atoms with Crippen molar-refractivity contribution in [1.82, 2.24) is 0 Å². The van der Waals surface area contributed by atoms with E-state index >= 15 is 0 Å². The zero-order valence-electron chi connectivity index (χ0n) is 7.02. The van der Waals surface area contributed by atoms with E-state index in [1.165, 1.54) is 0 Å². The molecule has 0 heterocycles. The first-order valence-corrected chi connectivity index (χ1v) is 5.27. The van der Waals surface area contributed by atoms with Crippen LogP contribution in [0.1, 0.15) is 0 Å². The van der Waals surface area contributed by atoms with Gasteiger partial charge in [-0.05, 0) is 24.3 Å². The number of hydrogen-bond acceptors (Lipinski definition) is 3. The Balaban J connectivity index is 3.11. The van der Waals surface area contributed by atoms with E-state index in [1.807, 2.05) is 0 Å². The van der Waals surface area contributed by atoms with Gasteiger partial charge in [0.1, 0.15) is 5.82 Å². The van der Waals surface area contributed by atoms with Gasteiger partial charge in [-0.1, -0.05) is 0 Å². The van der Waals surface area contributed by atoms with Crippen LogP contribution in [0.25, 0.3) is 0 Å². The van der Waals surface area contributed by atoms with Gasteiger partial charge in [0.05, 0.1) is 11.5 Å². The number of rotatable bonds is 3. The molecule has 0 saturated heterocycles. The summed E-state index contributed by atoms with van der Waals surface area (Å²) in [5, 5.41) is 8.36. The van der Waals surface area contributed by atoms with Gasteiger partial charge in [0.2, 0.25) is 15.3 Å². The van der Waals surface area contributed by atoms with Gasteiger partial charge in [-0.2, -0.15) is 0 Å². The lowest BCUT2D eigenvalue weighted by atomic mass is 10.4. The molecule has 0 amide bonds. The van der Waals surface area contributed by atoms with Crippen molar-refractivity contribution in [1.29, 1.82) is 0 Å². The van der Waals surface area contributed by atoms with Crippen LogP contribution in [-0.4, -0.2) is 25.6 Å². The Bertz CT molecular complexity index is 399. The minimum absolute atomic E-state index is 0.347. The molecule has 0 radical (unpaired) electrons. The molecule has 0 saturated carbocycles. The van der Waals surface area contributed by atoms with Crippen molar-refractivity contribution in [3.8, 4) is 0 Å². The molecule has 1 atom stereocenters. The summed E-state index contributed by atoms with van der Waals surface area (Å²) in [4.78, 5) is -0.347. The lowest BCUT2D eigenvalue weighted by molar-refractivity contribution is 0.226. The maximum atomic E-state index is 12.8. The highest BCUT2D eigenvalue weighted by molar-refractivity contribution is 7.92. The van der Waals surface area contributed by atoms with Gasteiger partial charge >= 0.3 is 0 Å². The van der Waals surface area contributed by atoms with Crippen molar-refractivity contribution in [2.75, 3.05) is 6.61 Å². The quantitative estimate of drug-likeness (QED) is 0.772. The Morgan fingerprint density at radius 1 is 1.29 bits per heavy atom. The molecule has 1 unspecified atom stereocenters. The number of aliphatic hydroxyl groups is 1. The first kappa shape index (κ1) is 11.1. The minimum atomic E-state index is -4.19. The second kappa shape index (κ2) is 4.02. The molecule has 78 valence electrons. The van der Waals surface area contributed by atoms with E-state index in [-0.39, 0.29) is 4.90 Å². The number of alkyl halides is 1. The van der Waals surface area contributed by atoms with Gasteiger partial charge < -0.3 is 5.11 Å². The molecule has 0 aliphatic carbocycles. The second-order valence-corrected chi connectivity index (χ2v) is 4.66. The summed E-state index contributed by atoms with van der Waals surface area (Å²) in [6.07, 6.45) is 0. The monoisotopic (exact) mass is 222 g/mol. The van der Waals surface area contributed by atoms with Gasteiger partial charge in [-0.3, -0.25) is 0 Å². The van der Waals surface area contributed by atoms with Crippen LogP contribution in [0.4, 0.5) is 8.78 Å². The van der Waals surface area contributed by atoms with E-state index in [0.717, 1.165) is 24.3 Å². The van der Waals surface area contributed by atoms with E-state index < -0.39 is 27.8 Å². The Hall–Kier alpha value is -1.01. The minimum Gasteiger partial charge on any atom is -0.392 e. The summed E-state index contributed by atoms with van der Waals surface area (Å²) in [7, 11) is -4.19. The average molecular weight is 222 g/mol. The fourth-order valence-corrected chi connectivity index (χ4v) is 1.88. The fraction of sp³-hybridized carbons (Fsp3) is 0.250. The van der Waals surface area contributed by atoms with Gasteiger partial charge in [0.25, 0.3) is 0 Å². The van der Waals surface area contributed by atoms with Crippen molar-refractivity contribution >= 4 is 9.84 Å². The predicted molar refractivity (Wildman–Crippen MR) is 45.6 cm³/mol. The van der Waals surface area contributed by atoms with Crippen LogP contribution in [0.5, 0.6) is 0 Å². The molecule has 0 bridgehead atoms. The van der Waals surface area contributed by atoms with E-state index in [4.69, 9.17) is 5.11 Å². The van der Waals surface area contributed by atoms with E-state index in [2.05, 4.69) is 0 Å². The third-order valence-electron chi connectivity index (χ3n) is 1.62. The summed E-state index contributed by atoms with van der Waals surface area (Å²) in [5.41, 5.74) is -2.37. The number of aliphatic hydroxyl groups excluding tert-OH is 1. The van der Waals surface area contributed by atoms with Crippen LogP contribution < -0.4 is 0 Å². The van der Waals surface area contributed by atoms with Gasteiger partial charge in [0, 0.05) is 0 Å². The molecular weight excluding hydrogens is 214 g/mol. The van der Waals surface area contributed by atoms with Crippen LogP contribution in [0, 0.1) is 5.82 Å². The summed E-state index contributed by atoms with van der Waals surface area (Å²) >= 11 is 0. The molecule has 6 heteroatoms. The maximum Gasteiger partial charge on any atom is 0.228 e. The lowest BCUT2D eigenvalue weighted by Gasteiger charge is -2.06. The summed E-state index contributed by atoms with van der Waals surface area (Å²) in [5.74, 6) is -0.608. The SMILES string of the molecule is O=S(=O)(c1ccc(F)cc1)C(F)CO. The predicted octanol–water partition coefficient (Wildman–Crippen LogP) is 0.887. The number of hydrogen-bond donors (Lipinski definition) is 1. The van der Waals surface area contributed by atoms with Crippen molar-refractivity contribution in [3.05, 3.63) is 30.1 Å². The largest absolute Gasteiger partial charge is 0.392 e. The first-order chi connectivity index (χ1) is 6.48. The Kier molecular flexibility index (Phi) is 3.17. The van der Waals surface area contributed by atoms with E-state index in [1.54, 1.807) is 0 Å². The Morgan fingerprint density at radius 2 is 1.79 bits per heavy atom. The third-order valence-corrected chi connectivity index (χ3v) is 3.37. The normalized spacial score (nSPS) is 13.9. The highest BCUT2D eigenvalue weighted by atomic mass is 32.2. The highest BCUT2D eigenvalue weighted by Crippen LogP contribution is 2.16. The number of sulfone groups is 1. The zero-order chi connectivity index (χ0) is 10.8. The van der Waals surface area contributed by atoms with Gasteiger partial charge in [0.15, 0.2) is 0 Å². The molecule has 3 nitrogen and oxygen atoms in total. The number of benzene rings is 1. The van der Waals surface area contributed by atoms with Crippen molar-refractivity contribution in [3.63, 3.8) is 0 Å². The van der Waals surface area contributed by atoms with Crippen LogP contribution in [0.3, 0.4) is 0 Å². The van der Waals surface area contributed by atoms with Crippen molar-refractivity contribution < 1.29 is 22.3 Å². The Morgan fingerprint density at radius 3 is 2.21 bits per heavy atom. The third kappa shape index (κ3) is 2.08. The van der Waals surface area contributed by atoms with Crippen molar-refractivity contribution in [2.45, 2.75) is 10.4 Å². The van der Waals surface area contributed by atoms with Crippen molar-refractivity contribution in [2.24, 2.45) is 0 Å². The molecule has 0 spiro atoms. The summed E-state index contributed by atoms with van der Waals surface area (Å²) in [6, 6.07) is 3.73. The second-order valence-electron chi connectivity index (χ2n) is 2.59. The molecule has 1 aromatic carbocycles. The molecule has 0 fully saturated rings. The van der Waals surface area contributed by atoms with E-state index in [9.17, 15) is 17.2 Å². The molecule has 1 aromatic rings. The summed E-state index contributed by atoms with van der Waals surface area (Å²) in [6.45, 7) is -1.11. The Labute approximate surface area is 79.9 Å². The van der Waals surface area contributed by atoms with E-state index in [0.29, 0.717) is 0 Å². The zero-order valence-corrected chi connectivity index (χ0v) is 7.84. The fourth-order valence-electron chi connectivity index (χ4n) is 0.870. The van der Waals surface area contributed by atoms with Gasteiger partial charge in [-0.25, -0.2) is 17.2 Å². The average Bonchev–Trinajstić information content (AvgIpc) is 2.17. The molecule has 1 rings (SSSR count). The smallest absolute Gasteiger partial charge is 0.228 e. The van der Waals surface area contributed by atoms with Crippen LogP contribution in [-0.2, 0) is 9.84 Å². The van der Waals surface area contributed by atoms with Gasteiger partial charge in [-0.15, -0.1) is 0 Å². The topological polar surface area (TPSA) is 54.4 Å². The summed E-state index contributed by atoms with van der Waals surface area (Å²) < 4.78 is 47.6. The molecule has 14 heavy (non-hydrogen) atoms. The lowest BCUT2D eigenvalue weighted by Crippen LogP contribution is -2.20. The molecule has 0 aliphatic rings. The molecule has 1 N–H and O–H groups in total. The van der Waals surface area contributed by atoms with Crippen LogP contribution in [0.2, 0.25) is 0 Å². The van der Waals surface area contributed by atoms with Crippen LogP contribution >= 0.6 is 0 Å². The van der Waals surface area contributed by atoms with Crippen LogP contribution in [0.15, 0.2) is 29.2 Å².